The molecule has 1 unspecified atom stereocenters. The Bertz CT molecular complexity index is 501. The molecule has 0 aromatic carbocycles. The number of anilines is 1. The maximum Gasteiger partial charge on any atom is 0.326 e. The zero-order chi connectivity index (χ0) is 15.1. The molecule has 8 heteroatoms. The van der Waals surface area contributed by atoms with Crippen molar-refractivity contribution in [1.29, 1.82) is 0 Å². The van der Waals surface area contributed by atoms with Crippen LogP contribution in [0.4, 0.5) is 5.13 Å². The summed E-state index contributed by atoms with van der Waals surface area (Å²) in [6.07, 6.45) is 1.94. The lowest BCUT2D eigenvalue weighted by Crippen LogP contribution is -2.40. The largest absolute Gasteiger partial charge is 0.480 e. The Morgan fingerprint density at radius 2 is 2.15 bits per heavy atom. The number of thiazole rings is 1. The highest BCUT2D eigenvalue weighted by Gasteiger charge is 2.21. The number of hydrogen-bond acceptors (Lipinski definition) is 5. The van der Waals surface area contributed by atoms with Gasteiger partial charge in [-0.1, -0.05) is 19.8 Å². The third-order valence-corrected chi connectivity index (χ3v) is 3.23. The van der Waals surface area contributed by atoms with Crippen molar-refractivity contribution in [1.82, 2.24) is 10.3 Å². The number of rotatable bonds is 7. The van der Waals surface area contributed by atoms with E-state index in [-0.39, 0.29) is 11.6 Å². The fourth-order valence-corrected chi connectivity index (χ4v) is 2.22. The van der Waals surface area contributed by atoms with Crippen molar-refractivity contribution in [3.63, 3.8) is 0 Å². The first-order chi connectivity index (χ1) is 9.43. The number of aromatic nitrogens is 1. The number of carboxylic acids is 1. The number of amides is 2. The number of nitrogens with one attached hydrogen (secondary N) is 2. The van der Waals surface area contributed by atoms with Crippen LogP contribution >= 0.6 is 11.3 Å². The molecule has 0 saturated carbocycles. The van der Waals surface area contributed by atoms with Gasteiger partial charge in [0, 0.05) is 12.3 Å². The van der Waals surface area contributed by atoms with Crippen LogP contribution in [0.5, 0.6) is 0 Å². The molecule has 0 aliphatic heterocycles. The zero-order valence-corrected chi connectivity index (χ0v) is 12.1. The Balaban J connectivity index is 2.66. The Hall–Kier alpha value is -1.96. The van der Waals surface area contributed by atoms with Crippen LogP contribution < -0.4 is 10.6 Å². The molecule has 1 aromatic rings. The fraction of sp³-hybridized carbons (Fsp3) is 0.500. The van der Waals surface area contributed by atoms with Gasteiger partial charge in [0.15, 0.2) is 5.13 Å². The third-order valence-electron chi connectivity index (χ3n) is 2.47. The summed E-state index contributed by atoms with van der Waals surface area (Å²) in [4.78, 5) is 37.7. The lowest BCUT2D eigenvalue weighted by atomic mass is 10.1. The molecule has 0 radical (unpaired) electrons. The van der Waals surface area contributed by atoms with Gasteiger partial charge >= 0.3 is 5.97 Å². The Morgan fingerprint density at radius 3 is 2.70 bits per heavy atom. The number of hydrogen-bond donors (Lipinski definition) is 3. The molecule has 0 fully saturated rings. The van der Waals surface area contributed by atoms with Crippen molar-refractivity contribution in [2.45, 2.75) is 39.2 Å². The average Bonchev–Trinajstić information content (AvgIpc) is 2.81. The number of nitrogens with zero attached hydrogens (tertiary/aromatic N) is 1. The topological polar surface area (TPSA) is 108 Å². The average molecular weight is 299 g/mol. The van der Waals surface area contributed by atoms with E-state index < -0.39 is 17.9 Å². The summed E-state index contributed by atoms with van der Waals surface area (Å²) in [6, 6.07) is -0.923. The SMILES string of the molecule is CCCCC(NC(=O)c1csc(NC(C)=O)n1)C(=O)O. The van der Waals surface area contributed by atoms with Crippen LogP contribution in [0.15, 0.2) is 5.38 Å². The molecule has 3 N–H and O–H groups in total. The van der Waals surface area contributed by atoms with Crippen LogP contribution in [0.2, 0.25) is 0 Å². The molecule has 1 heterocycles. The zero-order valence-electron chi connectivity index (χ0n) is 11.3. The van der Waals surface area contributed by atoms with Crippen molar-refractivity contribution < 1.29 is 19.5 Å². The predicted octanol–water partition coefficient (Wildman–Crippen LogP) is 1.47. The molecule has 1 rings (SSSR count). The van der Waals surface area contributed by atoms with Crippen molar-refractivity contribution in [3.05, 3.63) is 11.1 Å². The van der Waals surface area contributed by atoms with Gasteiger partial charge in [-0.25, -0.2) is 9.78 Å². The van der Waals surface area contributed by atoms with E-state index in [0.29, 0.717) is 18.0 Å². The minimum atomic E-state index is -1.07. The maximum absolute atomic E-state index is 11.9. The second-order valence-electron chi connectivity index (χ2n) is 4.23. The molecular formula is C12H17N3O4S. The Morgan fingerprint density at radius 1 is 1.45 bits per heavy atom. The molecule has 1 aromatic heterocycles. The highest BCUT2D eigenvalue weighted by molar-refractivity contribution is 7.14. The van der Waals surface area contributed by atoms with E-state index in [9.17, 15) is 14.4 Å². The normalized spacial score (nSPS) is 11.7. The minimum Gasteiger partial charge on any atom is -0.480 e. The van der Waals surface area contributed by atoms with Gasteiger partial charge in [0.25, 0.3) is 5.91 Å². The molecule has 0 bridgehead atoms. The summed E-state index contributed by atoms with van der Waals surface area (Å²) >= 11 is 1.11. The summed E-state index contributed by atoms with van der Waals surface area (Å²) in [5, 5.41) is 15.7. The summed E-state index contributed by atoms with van der Waals surface area (Å²) in [6.45, 7) is 3.28. The number of aliphatic carboxylic acids is 1. The monoisotopic (exact) mass is 299 g/mol. The second kappa shape index (κ2) is 7.59. The molecule has 1 atom stereocenters. The maximum atomic E-state index is 11.9. The van der Waals surface area contributed by atoms with Crippen molar-refractivity contribution in [2.75, 3.05) is 5.32 Å². The number of unbranched alkanes of at least 4 members (excludes halogenated alkanes) is 1. The van der Waals surface area contributed by atoms with E-state index in [1.807, 2.05) is 6.92 Å². The quantitative estimate of drug-likeness (QED) is 0.706. The van der Waals surface area contributed by atoms with Crippen molar-refractivity contribution in [3.8, 4) is 0 Å². The molecular weight excluding hydrogens is 282 g/mol. The molecule has 2 amide bonds. The summed E-state index contributed by atoms with van der Waals surface area (Å²) < 4.78 is 0. The lowest BCUT2D eigenvalue weighted by Gasteiger charge is -2.12. The van der Waals surface area contributed by atoms with Crippen LogP contribution in [-0.2, 0) is 9.59 Å². The van der Waals surface area contributed by atoms with Crippen molar-refractivity contribution in [2.24, 2.45) is 0 Å². The second-order valence-corrected chi connectivity index (χ2v) is 5.08. The third kappa shape index (κ3) is 4.96. The summed E-state index contributed by atoms with van der Waals surface area (Å²) in [5.41, 5.74) is 0.0986. The van der Waals surface area contributed by atoms with Crippen LogP contribution in [0.1, 0.15) is 43.6 Å². The molecule has 0 spiro atoms. The first-order valence-corrected chi connectivity index (χ1v) is 7.08. The lowest BCUT2D eigenvalue weighted by molar-refractivity contribution is -0.139. The Kier molecular flexibility index (Phi) is 6.10. The summed E-state index contributed by atoms with van der Waals surface area (Å²) in [5.74, 6) is -1.90. The first-order valence-electron chi connectivity index (χ1n) is 6.20. The fourth-order valence-electron chi connectivity index (χ4n) is 1.48. The highest BCUT2D eigenvalue weighted by atomic mass is 32.1. The van der Waals surface area contributed by atoms with Crippen LogP contribution in [0.25, 0.3) is 0 Å². The molecule has 0 aliphatic carbocycles. The smallest absolute Gasteiger partial charge is 0.326 e. The molecule has 0 saturated heterocycles. The first kappa shape index (κ1) is 16.1. The van der Waals surface area contributed by atoms with Gasteiger partial charge in [0.1, 0.15) is 11.7 Å². The van der Waals surface area contributed by atoms with Gasteiger partial charge in [-0.05, 0) is 6.42 Å². The molecule has 0 aliphatic rings. The number of carboxylic acid groups (broad SMARTS) is 1. The van der Waals surface area contributed by atoms with Crippen LogP contribution in [0.3, 0.4) is 0 Å². The molecule has 7 nitrogen and oxygen atoms in total. The van der Waals surface area contributed by atoms with Crippen LogP contribution in [0, 0.1) is 0 Å². The predicted molar refractivity (Wildman–Crippen MR) is 74.8 cm³/mol. The van der Waals surface area contributed by atoms with Gasteiger partial charge in [0.05, 0.1) is 0 Å². The van der Waals surface area contributed by atoms with Gasteiger partial charge in [-0.15, -0.1) is 11.3 Å². The van der Waals surface area contributed by atoms with Gasteiger partial charge in [0.2, 0.25) is 5.91 Å². The standard InChI is InChI=1S/C12H17N3O4S/c1-3-4-5-8(11(18)19)14-10(17)9-6-20-12(15-9)13-7(2)16/h6,8H,3-5H2,1-2H3,(H,14,17)(H,18,19)(H,13,15,16). The van der Waals surface area contributed by atoms with E-state index in [0.717, 1.165) is 17.8 Å². The van der Waals surface area contributed by atoms with Gasteiger partial charge in [-0.3, -0.25) is 9.59 Å². The Labute approximate surface area is 120 Å². The molecule has 110 valence electrons. The highest BCUT2D eigenvalue weighted by Crippen LogP contribution is 2.15. The number of carbonyl (C=O) groups excluding carboxylic acids is 2. The van der Waals surface area contributed by atoms with Gasteiger partial charge in [-0.2, -0.15) is 0 Å². The van der Waals surface area contributed by atoms with E-state index in [1.54, 1.807) is 0 Å². The summed E-state index contributed by atoms with van der Waals surface area (Å²) in [7, 11) is 0. The van der Waals surface area contributed by atoms with E-state index in [2.05, 4.69) is 15.6 Å². The number of carbonyl (C=O) groups is 3. The van der Waals surface area contributed by atoms with Crippen LogP contribution in [-0.4, -0.2) is 33.9 Å². The molecule has 20 heavy (non-hydrogen) atoms. The minimum absolute atomic E-state index is 0.0986. The van der Waals surface area contributed by atoms with E-state index >= 15 is 0 Å². The van der Waals surface area contributed by atoms with Gasteiger partial charge < -0.3 is 15.7 Å². The van der Waals surface area contributed by atoms with Crippen molar-refractivity contribution >= 4 is 34.3 Å². The van der Waals surface area contributed by atoms with E-state index in [1.165, 1.54) is 12.3 Å². The van der Waals surface area contributed by atoms with E-state index in [4.69, 9.17) is 5.11 Å².